The topological polar surface area (TPSA) is 30.7 Å². The molecule has 0 radical (unpaired) electrons. The molecule has 0 saturated heterocycles. The molecule has 3 heteroatoms. The molecule has 0 atom stereocenters. The van der Waals surface area contributed by atoms with Gasteiger partial charge >= 0.3 is 0 Å². The minimum atomic E-state index is 0.407. The second-order valence-corrected chi connectivity index (χ2v) is 5.30. The average molecular weight is 265 g/mol. The van der Waals surface area contributed by atoms with Gasteiger partial charge in [-0.05, 0) is 38.5 Å². The Hall–Kier alpha value is -2.16. The van der Waals surface area contributed by atoms with Crippen molar-refractivity contribution in [3.8, 4) is 11.3 Å². The molecule has 3 nitrogen and oxygen atoms in total. The molecule has 0 aliphatic rings. The third-order valence-corrected chi connectivity index (χ3v) is 3.64. The normalized spacial score (nSPS) is 11.4. The minimum absolute atomic E-state index is 0.407. The summed E-state index contributed by atoms with van der Waals surface area (Å²) < 4.78 is 2.26. The lowest BCUT2D eigenvalue weighted by Crippen LogP contribution is -1.98. The summed E-state index contributed by atoms with van der Waals surface area (Å²) in [6, 6.07) is 8.72. The highest BCUT2D eigenvalue weighted by molar-refractivity contribution is 5.94. The van der Waals surface area contributed by atoms with E-state index in [9.17, 15) is 0 Å². The van der Waals surface area contributed by atoms with Crippen LogP contribution in [0.25, 0.3) is 22.2 Å². The Morgan fingerprint density at radius 3 is 2.80 bits per heavy atom. The van der Waals surface area contributed by atoms with Crippen LogP contribution in [0.15, 0.2) is 42.9 Å². The fraction of sp³-hybridized carbons (Fsp3) is 0.294. The molecule has 0 aliphatic heterocycles. The molecule has 3 heterocycles. The first-order chi connectivity index (χ1) is 9.70. The van der Waals surface area contributed by atoms with Gasteiger partial charge in [-0.2, -0.15) is 0 Å². The summed E-state index contributed by atoms with van der Waals surface area (Å²) in [5.74, 6) is 0. The molecule has 3 aromatic heterocycles. The Kier molecular flexibility index (Phi) is 3.26. The maximum absolute atomic E-state index is 4.75. The first kappa shape index (κ1) is 12.9. The van der Waals surface area contributed by atoms with Crippen molar-refractivity contribution in [2.75, 3.05) is 0 Å². The molecule has 0 bridgehead atoms. The lowest BCUT2D eigenvalue weighted by Gasteiger charge is -2.07. The van der Waals surface area contributed by atoms with Crippen LogP contribution in [0.5, 0.6) is 0 Å². The fourth-order valence-electron chi connectivity index (χ4n) is 2.56. The van der Waals surface area contributed by atoms with Gasteiger partial charge in [-0.25, -0.2) is 0 Å². The molecule has 20 heavy (non-hydrogen) atoms. The van der Waals surface area contributed by atoms with E-state index in [0.717, 1.165) is 17.8 Å². The van der Waals surface area contributed by atoms with Gasteiger partial charge < -0.3 is 4.57 Å². The molecule has 0 aliphatic carbocycles. The van der Waals surface area contributed by atoms with E-state index in [1.807, 2.05) is 12.4 Å². The van der Waals surface area contributed by atoms with E-state index in [0.29, 0.717) is 6.04 Å². The predicted molar refractivity (Wildman–Crippen MR) is 82.7 cm³/mol. The number of nitrogens with zero attached hydrogens (tertiary/aromatic N) is 3. The molecule has 0 spiro atoms. The van der Waals surface area contributed by atoms with Crippen molar-refractivity contribution in [1.29, 1.82) is 0 Å². The quantitative estimate of drug-likeness (QED) is 0.709. The molecule has 102 valence electrons. The van der Waals surface area contributed by atoms with E-state index >= 15 is 0 Å². The summed E-state index contributed by atoms with van der Waals surface area (Å²) in [6.45, 7) is 6.51. The molecule has 0 aromatic carbocycles. The summed E-state index contributed by atoms with van der Waals surface area (Å²) in [7, 11) is 0. The minimum Gasteiger partial charge on any atom is -0.343 e. The maximum atomic E-state index is 4.75. The van der Waals surface area contributed by atoms with Gasteiger partial charge in [0.05, 0.1) is 17.4 Å². The molecule has 0 saturated carbocycles. The molecular formula is C17H19N3. The fourth-order valence-corrected chi connectivity index (χ4v) is 2.56. The summed E-state index contributed by atoms with van der Waals surface area (Å²) in [5, 5.41) is 1.22. The number of pyridine rings is 2. The van der Waals surface area contributed by atoms with E-state index in [1.54, 1.807) is 0 Å². The molecule has 0 amide bonds. The standard InChI is InChI=1S/C17H19N3/c1-4-13-6-5-7-16(19-13)15-11-20(12(2)3)17-10-18-9-8-14(15)17/h5-12H,4H2,1-3H3. The van der Waals surface area contributed by atoms with Gasteiger partial charge in [0.2, 0.25) is 0 Å². The second-order valence-electron chi connectivity index (χ2n) is 5.30. The second kappa shape index (κ2) is 5.08. The largest absolute Gasteiger partial charge is 0.343 e. The first-order valence-corrected chi connectivity index (χ1v) is 7.11. The van der Waals surface area contributed by atoms with Crippen LogP contribution >= 0.6 is 0 Å². The SMILES string of the molecule is CCc1cccc(-c2cn(C(C)C)c3cnccc23)n1. The Balaban J connectivity index is 2.25. The Bertz CT molecular complexity index is 741. The van der Waals surface area contributed by atoms with Crippen LogP contribution in [0, 0.1) is 0 Å². The third-order valence-electron chi connectivity index (χ3n) is 3.64. The van der Waals surface area contributed by atoms with Gasteiger partial charge in [0.1, 0.15) is 0 Å². The van der Waals surface area contributed by atoms with Gasteiger partial charge in [-0.1, -0.05) is 13.0 Å². The smallest absolute Gasteiger partial charge is 0.0726 e. The Morgan fingerprint density at radius 1 is 1.20 bits per heavy atom. The van der Waals surface area contributed by atoms with E-state index in [-0.39, 0.29) is 0 Å². The van der Waals surface area contributed by atoms with Crippen LogP contribution in [0.3, 0.4) is 0 Å². The summed E-state index contributed by atoms with van der Waals surface area (Å²) >= 11 is 0. The number of fused-ring (bicyclic) bond motifs is 1. The van der Waals surface area contributed by atoms with Gasteiger partial charge in [0.15, 0.2) is 0 Å². The van der Waals surface area contributed by atoms with Crippen molar-refractivity contribution >= 4 is 10.9 Å². The Labute approximate surface area is 119 Å². The van der Waals surface area contributed by atoms with Gasteiger partial charge in [0, 0.05) is 35.1 Å². The Morgan fingerprint density at radius 2 is 2.05 bits per heavy atom. The third kappa shape index (κ3) is 2.09. The number of hydrogen-bond donors (Lipinski definition) is 0. The summed E-state index contributed by atoms with van der Waals surface area (Å²) in [4.78, 5) is 9.01. The van der Waals surface area contributed by atoms with E-state index in [2.05, 4.69) is 60.8 Å². The zero-order chi connectivity index (χ0) is 14.1. The van der Waals surface area contributed by atoms with Crippen molar-refractivity contribution in [2.45, 2.75) is 33.2 Å². The number of rotatable bonds is 3. The number of aromatic nitrogens is 3. The molecular weight excluding hydrogens is 246 g/mol. The predicted octanol–water partition coefficient (Wildman–Crippen LogP) is 4.24. The highest BCUT2D eigenvalue weighted by Gasteiger charge is 2.13. The average Bonchev–Trinajstić information content (AvgIpc) is 2.87. The van der Waals surface area contributed by atoms with Crippen molar-refractivity contribution < 1.29 is 0 Å². The monoisotopic (exact) mass is 265 g/mol. The molecule has 3 rings (SSSR count). The highest BCUT2D eigenvalue weighted by atomic mass is 15.0. The molecule has 0 fully saturated rings. The first-order valence-electron chi connectivity index (χ1n) is 7.11. The van der Waals surface area contributed by atoms with E-state index < -0.39 is 0 Å². The zero-order valence-electron chi connectivity index (χ0n) is 12.2. The van der Waals surface area contributed by atoms with Crippen LogP contribution in [-0.4, -0.2) is 14.5 Å². The number of aryl methyl sites for hydroxylation is 1. The van der Waals surface area contributed by atoms with Crippen LogP contribution in [-0.2, 0) is 6.42 Å². The van der Waals surface area contributed by atoms with Gasteiger partial charge in [-0.15, -0.1) is 0 Å². The van der Waals surface area contributed by atoms with Crippen molar-refractivity contribution in [3.05, 3.63) is 48.5 Å². The maximum Gasteiger partial charge on any atom is 0.0726 e. The lowest BCUT2D eigenvalue weighted by atomic mass is 10.1. The molecule has 0 N–H and O–H groups in total. The summed E-state index contributed by atoms with van der Waals surface area (Å²) in [5.41, 5.74) is 4.52. The van der Waals surface area contributed by atoms with Gasteiger partial charge in [-0.3, -0.25) is 9.97 Å². The van der Waals surface area contributed by atoms with Crippen molar-refractivity contribution in [3.63, 3.8) is 0 Å². The summed E-state index contributed by atoms with van der Waals surface area (Å²) in [6.07, 6.45) is 6.93. The van der Waals surface area contributed by atoms with Crippen molar-refractivity contribution in [2.24, 2.45) is 0 Å². The van der Waals surface area contributed by atoms with Gasteiger partial charge in [0.25, 0.3) is 0 Å². The van der Waals surface area contributed by atoms with E-state index in [1.165, 1.54) is 16.5 Å². The van der Waals surface area contributed by atoms with E-state index in [4.69, 9.17) is 4.98 Å². The lowest BCUT2D eigenvalue weighted by molar-refractivity contribution is 0.622. The number of hydrogen-bond acceptors (Lipinski definition) is 2. The van der Waals surface area contributed by atoms with Crippen LogP contribution < -0.4 is 0 Å². The zero-order valence-corrected chi connectivity index (χ0v) is 12.2. The van der Waals surface area contributed by atoms with Crippen molar-refractivity contribution in [1.82, 2.24) is 14.5 Å². The van der Waals surface area contributed by atoms with Crippen LogP contribution in [0.4, 0.5) is 0 Å². The molecule has 3 aromatic rings. The van der Waals surface area contributed by atoms with Crippen LogP contribution in [0.1, 0.15) is 32.5 Å². The van der Waals surface area contributed by atoms with Crippen LogP contribution in [0.2, 0.25) is 0 Å². The molecule has 0 unspecified atom stereocenters. The highest BCUT2D eigenvalue weighted by Crippen LogP contribution is 2.31.